The number of rotatable bonds is 8. The van der Waals surface area contributed by atoms with Gasteiger partial charge in [0, 0.05) is 29.0 Å². The van der Waals surface area contributed by atoms with Gasteiger partial charge in [0.05, 0.1) is 0 Å². The van der Waals surface area contributed by atoms with Gasteiger partial charge < -0.3 is 20.4 Å². The fourth-order valence-corrected chi connectivity index (χ4v) is 3.78. The normalized spacial score (nSPS) is 12.8. The van der Waals surface area contributed by atoms with E-state index in [4.69, 9.17) is 15.5 Å². The largest absolute Gasteiger partial charge is 0.366 e. The zero-order chi connectivity index (χ0) is 21.4. The lowest BCUT2D eigenvalue weighted by Gasteiger charge is -2.17. The number of carbonyl (C=O) groups is 2. The summed E-state index contributed by atoms with van der Waals surface area (Å²) < 4.78 is 2.03. The molecule has 29 heavy (non-hydrogen) atoms. The monoisotopic (exact) mass is 394 g/mol. The zero-order valence-electron chi connectivity index (χ0n) is 17.4. The molecule has 0 aliphatic rings. The summed E-state index contributed by atoms with van der Waals surface area (Å²) in [7, 11) is 2.01. The number of carbonyl (C=O) groups excluding carboxylic acids is 2. The van der Waals surface area contributed by atoms with E-state index in [1.54, 1.807) is 12.1 Å². The van der Waals surface area contributed by atoms with Crippen molar-refractivity contribution < 1.29 is 9.59 Å². The minimum absolute atomic E-state index is 0.417. The molecule has 2 atom stereocenters. The number of nitrogens with zero attached hydrogens (tertiary/aromatic N) is 2. The minimum atomic E-state index is -0.417. The first kappa shape index (κ1) is 22.3. The van der Waals surface area contributed by atoms with E-state index >= 15 is 0 Å². The van der Waals surface area contributed by atoms with Crippen LogP contribution in [-0.4, -0.2) is 35.8 Å². The summed E-state index contributed by atoms with van der Waals surface area (Å²) in [6.07, 6.45) is 6.23. The Balaban J connectivity index is 0.00000145. The SMILES string of the molecule is C=O.CNCC(C)CC(C)Cc1cnc2c(ccn2-c2ccc(C(N)=O)cc2)c1. The van der Waals surface area contributed by atoms with E-state index in [1.165, 1.54) is 12.0 Å². The van der Waals surface area contributed by atoms with Gasteiger partial charge in [0.2, 0.25) is 5.91 Å². The maximum atomic E-state index is 11.2. The van der Waals surface area contributed by atoms with Crippen LogP contribution in [0.25, 0.3) is 16.7 Å². The van der Waals surface area contributed by atoms with Crippen LogP contribution < -0.4 is 11.1 Å². The summed E-state index contributed by atoms with van der Waals surface area (Å²) in [5.41, 5.74) is 8.97. The molecule has 6 heteroatoms. The quantitative estimate of drug-likeness (QED) is 0.613. The Morgan fingerprint density at radius 3 is 2.48 bits per heavy atom. The van der Waals surface area contributed by atoms with Gasteiger partial charge in [0.15, 0.2) is 0 Å². The molecule has 3 aromatic rings. The van der Waals surface area contributed by atoms with Crippen molar-refractivity contribution in [2.45, 2.75) is 26.7 Å². The van der Waals surface area contributed by atoms with E-state index in [9.17, 15) is 4.79 Å². The summed E-state index contributed by atoms with van der Waals surface area (Å²) in [6.45, 7) is 7.65. The number of nitrogens with one attached hydrogen (secondary N) is 1. The first-order valence-corrected chi connectivity index (χ1v) is 9.77. The highest BCUT2D eigenvalue weighted by molar-refractivity contribution is 5.93. The number of hydrogen-bond donors (Lipinski definition) is 2. The standard InChI is InChI=1S/C22H28N4O.CH2O/c1-15(10-16(2)13-24-3)11-17-12-19-8-9-26(22(19)25-14-17)20-6-4-18(5-7-20)21(23)27;1-2/h4-9,12,14-16,24H,10-11,13H2,1-3H3,(H2,23,27);1H2. The van der Waals surface area contributed by atoms with Gasteiger partial charge in [-0.1, -0.05) is 13.8 Å². The van der Waals surface area contributed by atoms with Crippen molar-refractivity contribution in [1.82, 2.24) is 14.9 Å². The average molecular weight is 395 g/mol. The summed E-state index contributed by atoms with van der Waals surface area (Å²) in [5.74, 6) is 0.877. The fourth-order valence-electron chi connectivity index (χ4n) is 3.78. The lowest BCUT2D eigenvalue weighted by atomic mass is 9.92. The Kier molecular flexibility index (Phi) is 8.09. The van der Waals surface area contributed by atoms with Crippen molar-refractivity contribution >= 4 is 23.7 Å². The number of primary amides is 1. The van der Waals surface area contributed by atoms with Crippen LogP contribution in [-0.2, 0) is 11.2 Å². The number of nitrogens with two attached hydrogens (primary N) is 1. The third-order valence-corrected chi connectivity index (χ3v) is 4.95. The predicted molar refractivity (Wildman–Crippen MR) is 117 cm³/mol. The third kappa shape index (κ3) is 5.74. The zero-order valence-corrected chi connectivity index (χ0v) is 17.4. The van der Waals surface area contributed by atoms with Crippen LogP contribution in [0.5, 0.6) is 0 Å². The fraction of sp³-hybridized carbons (Fsp3) is 0.348. The van der Waals surface area contributed by atoms with Crippen LogP contribution in [0, 0.1) is 11.8 Å². The second-order valence-corrected chi connectivity index (χ2v) is 7.56. The number of amides is 1. The first-order chi connectivity index (χ1) is 14.0. The topological polar surface area (TPSA) is 90.0 Å². The van der Waals surface area contributed by atoms with E-state index in [0.29, 0.717) is 17.4 Å². The Labute approximate surface area is 172 Å². The maximum absolute atomic E-state index is 11.2. The van der Waals surface area contributed by atoms with Crippen molar-refractivity contribution in [1.29, 1.82) is 0 Å². The van der Waals surface area contributed by atoms with Crippen LogP contribution in [0.3, 0.4) is 0 Å². The molecular formula is C23H30N4O2. The lowest BCUT2D eigenvalue weighted by Crippen LogP contribution is -2.18. The van der Waals surface area contributed by atoms with E-state index in [0.717, 1.165) is 29.7 Å². The van der Waals surface area contributed by atoms with Crippen LogP contribution in [0.15, 0.2) is 48.8 Å². The minimum Gasteiger partial charge on any atom is -0.366 e. The summed E-state index contributed by atoms with van der Waals surface area (Å²) >= 11 is 0. The van der Waals surface area contributed by atoms with Crippen LogP contribution >= 0.6 is 0 Å². The first-order valence-electron chi connectivity index (χ1n) is 9.77. The summed E-state index contributed by atoms with van der Waals surface area (Å²) in [6, 6.07) is 11.6. The highest BCUT2D eigenvalue weighted by Crippen LogP contribution is 2.22. The van der Waals surface area contributed by atoms with Gasteiger partial charge >= 0.3 is 0 Å². The molecule has 2 aromatic heterocycles. The van der Waals surface area contributed by atoms with Crippen molar-refractivity contribution in [3.05, 3.63) is 59.9 Å². The highest BCUT2D eigenvalue weighted by atomic mass is 16.1. The molecule has 0 spiro atoms. The average Bonchev–Trinajstić information content (AvgIpc) is 3.12. The number of pyridine rings is 1. The molecule has 1 aromatic carbocycles. The van der Waals surface area contributed by atoms with Crippen molar-refractivity contribution in [2.24, 2.45) is 17.6 Å². The van der Waals surface area contributed by atoms with Gasteiger partial charge in [0.25, 0.3) is 0 Å². The van der Waals surface area contributed by atoms with E-state index in [2.05, 4.69) is 31.3 Å². The second-order valence-electron chi connectivity index (χ2n) is 7.56. The van der Waals surface area contributed by atoms with Gasteiger partial charge in [-0.05, 0) is 80.2 Å². The van der Waals surface area contributed by atoms with Crippen molar-refractivity contribution in [3.8, 4) is 5.69 Å². The van der Waals surface area contributed by atoms with Gasteiger partial charge in [-0.3, -0.25) is 4.79 Å². The molecule has 0 aliphatic heterocycles. The van der Waals surface area contributed by atoms with Gasteiger partial charge in [-0.2, -0.15) is 0 Å². The number of hydrogen-bond acceptors (Lipinski definition) is 4. The summed E-state index contributed by atoms with van der Waals surface area (Å²) in [4.78, 5) is 23.9. The molecule has 0 aliphatic carbocycles. The van der Waals surface area contributed by atoms with E-state index in [1.807, 2.05) is 42.9 Å². The van der Waals surface area contributed by atoms with Gasteiger partial charge in [-0.25, -0.2) is 4.98 Å². The molecule has 0 saturated heterocycles. The Hall–Kier alpha value is -2.99. The molecule has 1 amide bonds. The van der Waals surface area contributed by atoms with Gasteiger partial charge in [-0.15, -0.1) is 0 Å². The molecule has 2 heterocycles. The Morgan fingerprint density at radius 1 is 1.17 bits per heavy atom. The molecule has 2 unspecified atom stereocenters. The molecule has 0 radical (unpaired) electrons. The molecule has 0 bridgehead atoms. The number of fused-ring (bicyclic) bond motifs is 1. The smallest absolute Gasteiger partial charge is 0.248 e. The summed E-state index contributed by atoms with van der Waals surface area (Å²) in [5, 5.41) is 4.37. The van der Waals surface area contributed by atoms with Crippen LogP contribution in [0.1, 0.15) is 36.2 Å². The number of benzene rings is 1. The van der Waals surface area contributed by atoms with E-state index in [-0.39, 0.29) is 0 Å². The van der Waals surface area contributed by atoms with Crippen LogP contribution in [0.4, 0.5) is 0 Å². The van der Waals surface area contributed by atoms with Crippen molar-refractivity contribution in [2.75, 3.05) is 13.6 Å². The third-order valence-electron chi connectivity index (χ3n) is 4.95. The highest BCUT2D eigenvalue weighted by Gasteiger charge is 2.11. The molecule has 0 fully saturated rings. The molecule has 0 saturated carbocycles. The van der Waals surface area contributed by atoms with Crippen molar-refractivity contribution in [3.63, 3.8) is 0 Å². The molecular weight excluding hydrogens is 364 g/mol. The molecule has 6 nitrogen and oxygen atoms in total. The lowest BCUT2D eigenvalue weighted by molar-refractivity contribution is -0.0980. The molecule has 3 N–H and O–H groups in total. The molecule has 154 valence electrons. The Morgan fingerprint density at radius 2 is 1.86 bits per heavy atom. The van der Waals surface area contributed by atoms with Crippen LogP contribution in [0.2, 0.25) is 0 Å². The predicted octanol–water partition coefficient (Wildman–Crippen LogP) is 3.36. The second kappa shape index (κ2) is 10.5. The van der Waals surface area contributed by atoms with E-state index < -0.39 is 5.91 Å². The molecule has 3 rings (SSSR count). The number of aromatic nitrogens is 2. The Bertz CT molecular complexity index is 934. The van der Waals surface area contributed by atoms with Gasteiger partial charge in [0.1, 0.15) is 12.4 Å². The maximum Gasteiger partial charge on any atom is 0.248 e.